The lowest BCUT2D eigenvalue weighted by Gasteiger charge is -2.05. The van der Waals surface area contributed by atoms with Gasteiger partial charge >= 0.3 is 0 Å². The molecule has 0 saturated heterocycles. The Morgan fingerprint density at radius 3 is 2.74 bits per heavy atom. The predicted molar refractivity (Wildman–Crippen MR) is 88.0 cm³/mol. The van der Waals surface area contributed by atoms with Crippen molar-refractivity contribution >= 4 is 23.7 Å². The zero-order valence-electron chi connectivity index (χ0n) is 12.6. The molecule has 4 nitrogen and oxygen atoms in total. The first kappa shape index (κ1) is 17.0. The fraction of sp³-hybridized carbons (Fsp3) is 0.176. The minimum absolute atomic E-state index is 0.210. The molecule has 0 aliphatic carbocycles. The smallest absolute Gasteiger partial charge is 0.261 e. The highest BCUT2D eigenvalue weighted by molar-refractivity contribution is 6.30. The van der Waals surface area contributed by atoms with E-state index in [2.05, 4.69) is 10.5 Å². The van der Waals surface area contributed by atoms with Crippen molar-refractivity contribution in [2.24, 2.45) is 5.16 Å². The first-order valence-electron chi connectivity index (χ1n) is 6.97. The van der Waals surface area contributed by atoms with Crippen molar-refractivity contribution in [1.82, 2.24) is 5.32 Å². The maximum absolute atomic E-state index is 13.4. The Labute approximate surface area is 138 Å². The number of nitrogens with one attached hydrogen (secondary N) is 1. The molecule has 23 heavy (non-hydrogen) atoms. The van der Waals surface area contributed by atoms with Crippen molar-refractivity contribution in [3.63, 3.8) is 0 Å². The first-order chi connectivity index (χ1) is 11.0. The minimum Gasteiger partial charge on any atom is -0.386 e. The molecule has 1 N–H and O–H groups in total. The van der Waals surface area contributed by atoms with Gasteiger partial charge in [0.1, 0.15) is 5.82 Å². The molecule has 0 aliphatic heterocycles. The zero-order valence-corrected chi connectivity index (χ0v) is 13.3. The van der Waals surface area contributed by atoms with Crippen LogP contribution in [0.15, 0.2) is 47.6 Å². The van der Waals surface area contributed by atoms with Crippen LogP contribution in [0.2, 0.25) is 5.02 Å². The largest absolute Gasteiger partial charge is 0.386 e. The van der Waals surface area contributed by atoms with E-state index in [1.807, 2.05) is 0 Å². The van der Waals surface area contributed by atoms with Gasteiger partial charge < -0.3 is 10.2 Å². The first-order valence-corrected chi connectivity index (χ1v) is 7.35. The van der Waals surface area contributed by atoms with Crippen LogP contribution in [-0.4, -0.2) is 18.7 Å². The van der Waals surface area contributed by atoms with E-state index in [4.69, 9.17) is 16.4 Å². The number of halogens is 2. The highest BCUT2D eigenvalue weighted by Crippen LogP contribution is 2.09. The van der Waals surface area contributed by atoms with Gasteiger partial charge in [0.25, 0.3) is 5.91 Å². The molecule has 0 saturated carbocycles. The number of hydrogen-bond donors (Lipinski definition) is 1. The van der Waals surface area contributed by atoms with Gasteiger partial charge in [-0.15, -0.1) is 0 Å². The van der Waals surface area contributed by atoms with E-state index < -0.39 is 0 Å². The van der Waals surface area contributed by atoms with Crippen LogP contribution in [0.3, 0.4) is 0 Å². The van der Waals surface area contributed by atoms with Crippen molar-refractivity contribution in [3.8, 4) is 0 Å². The van der Waals surface area contributed by atoms with Gasteiger partial charge in [-0.25, -0.2) is 4.39 Å². The Morgan fingerprint density at radius 2 is 2.04 bits per heavy atom. The molecule has 120 valence electrons. The fourth-order valence-corrected chi connectivity index (χ4v) is 1.87. The number of amides is 1. The van der Waals surface area contributed by atoms with Gasteiger partial charge in [0, 0.05) is 11.6 Å². The lowest BCUT2D eigenvalue weighted by molar-refractivity contribution is -0.125. The van der Waals surface area contributed by atoms with E-state index in [9.17, 15) is 9.18 Å². The SMILES string of the molecule is Cc1ccc(CNC(=O)CO/N=C/c2ccc(Cl)cc2)cc1F. The molecule has 1 amide bonds. The maximum Gasteiger partial charge on any atom is 0.261 e. The highest BCUT2D eigenvalue weighted by atomic mass is 35.5. The summed E-state index contributed by atoms with van der Waals surface area (Å²) in [4.78, 5) is 16.5. The Kier molecular flexibility index (Phi) is 6.11. The van der Waals surface area contributed by atoms with Crippen LogP contribution in [-0.2, 0) is 16.2 Å². The number of benzene rings is 2. The summed E-state index contributed by atoms with van der Waals surface area (Å²) in [7, 11) is 0. The average molecular weight is 335 g/mol. The van der Waals surface area contributed by atoms with Crippen molar-refractivity contribution in [2.45, 2.75) is 13.5 Å². The van der Waals surface area contributed by atoms with Crippen molar-refractivity contribution in [2.75, 3.05) is 6.61 Å². The molecule has 0 heterocycles. The average Bonchev–Trinajstić information content (AvgIpc) is 2.54. The van der Waals surface area contributed by atoms with Gasteiger partial charge in [0.05, 0.1) is 6.21 Å². The van der Waals surface area contributed by atoms with Crippen molar-refractivity contribution in [3.05, 3.63) is 70.0 Å². The fourth-order valence-electron chi connectivity index (χ4n) is 1.74. The van der Waals surface area contributed by atoms with Crippen LogP contribution in [0, 0.1) is 12.7 Å². The second kappa shape index (κ2) is 8.29. The Balaban J connectivity index is 1.72. The topological polar surface area (TPSA) is 50.7 Å². The maximum atomic E-state index is 13.4. The van der Waals surface area contributed by atoms with Gasteiger partial charge in [0.15, 0.2) is 6.61 Å². The van der Waals surface area contributed by atoms with Gasteiger partial charge in [0.2, 0.25) is 0 Å². The van der Waals surface area contributed by atoms with Gasteiger partial charge in [-0.3, -0.25) is 4.79 Å². The summed E-state index contributed by atoms with van der Waals surface area (Å²) < 4.78 is 13.4. The van der Waals surface area contributed by atoms with E-state index in [0.29, 0.717) is 16.1 Å². The lowest BCUT2D eigenvalue weighted by atomic mass is 10.1. The summed E-state index contributed by atoms with van der Waals surface area (Å²) in [5, 5.41) is 6.97. The molecular formula is C17H16ClFN2O2. The second-order valence-corrected chi connectivity index (χ2v) is 5.36. The molecule has 0 aromatic heterocycles. The number of hydrogen-bond acceptors (Lipinski definition) is 3. The number of rotatable bonds is 6. The van der Waals surface area contributed by atoms with E-state index in [1.54, 1.807) is 43.3 Å². The molecule has 2 aromatic rings. The number of nitrogens with zero attached hydrogens (tertiary/aromatic N) is 1. The van der Waals surface area contributed by atoms with E-state index in [1.165, 1.54) is 12.3 Å². The highest BCUT2D eigenvalue weighted by Gasteiger charge is 2.03. The Hall–Kier alpha value is -2.40. The molecule has 0 atom stereocenters. The van der Waals surface area contributed by atoms with Crippen LogP contribution >= 0.6 is 11.6 Å². The predicted octanol–water partition coefficient (Wildman–Crippen LogP) is 3.45. The second-order valence-electron chi connectivity index (χ2n) is 4.92. The molecule has 0 bridgehead atoms. The number of oxime groups is 1. The quantitative estimate of drug-likeness (QED) is 0.649. The molecule has 2 aromatic carbocycles. The summed E-state index contributed by atoms with van der Waals surface area (Å²) in [6.07, 6.45) is 1.49. The molecule has 0 fully saturated rings. The van der Waals surface area contributed by atoms with E-state index >= 15 is 0 Å². The minimum atomic E-state index is -0.334. The molecule has 0 radical (unpaired) electrons. The van der Waals surface area contributed by atoms with E-state index in [-0.39, 0.29) is 24.9 Å². The summed E-state index contributed by atoms with van der Waals surface area (Å²) >= 11 is 5.77. The molecule has 0 spiro atoms. The van der Waals surface area contributed by atoms with Gasteiger partial charge in [-0.2, -0.15) is 0 Å². The Morgan fingerprint density at radius 1 is 1.30 bits per heavy atom. The lowest BCUT2D eigenvalue weighted by Crippen LogP contribution is -2.26. The normalized spacial score (nSPS) is 10.7. The van der Waals surface area contributed by atoms with Crippen LogP contribution in [0.4, 0.5) is 4.39 Å². The molecular weight excluding hydrogens is 319 g/mol. The third-order valence-corrected chi connectivity index (χ3v) is 3.32. The van der Waals surface area contributed by atoms with Crippen molar-refractivity contribution < 1.29 is 14.0 Å². The van der Waals surface area contributed by atoms with Gasteiger partial charge in [-0.05, 0) is 41.8 Å². The molecule has 2 rings (SSSR count). The zero-order chi connectivity index (χ0) is 16.7. The van der Waals surface area contributed by atoms with Crippen LogP contribution in [0.5, 0.6) is 0 Å². The summed E-state index contributed by atoms with van der Waals surface area (Å²) in [6.45, 7) is 1.71. The van der Waals surface area contributed by atoms with E-state index in [0.717, 1.165) is 5.56 Å². The van der Waals surface area contributed by atoms with Gasteiger partial charge in [-0.1, -0.05) is 41.0 Å². The van der Waals surface area contributed by atoms with Crippen LogP contribution in [0.25, 0.3) is 0 Å². The standard InChI is InChI=1S/C17H16ClFN2O2/c1-12-2-3-14(8-16(12)19)9-20-17(22)11-23-21-10-13-4-6-15(18)7-5-13/h2-8,10H,9,11H2,1H3,(H,20,22)/b21-10+. The third kappa shape index (κ3) is 5.71. The monoisotopic (exact) mass is 334 g/mol. The van der Waals surface area contributed by atoms with Crippen LogP contribution in [0.1, 0.15) is 16.7 Å². The summed E-state index contributed by atoms with van der Waals surface area (Å²) in [5.41, 5.74) is 2.07. The summed E-state index contributed by atoms with van der Waals surface area (Å²) in [5.74, 6) is -0.625. The third-order valence-electron chi connectivity index (χ3n) is 3.07. The number of aryl methyl sites for hydroxylation is 1. The number of carbonyl (C=O) groups is 1. The Bertz CT molecular complexity index is 702. The molecule has 0 unspecified atom stereocenters. The molecule has 6 heteroatoms. The van der Waals surface area contributed by atoms with Crippen LogP contribution < -0.4 is 5.32 Å². The van der Waals surface area contributed by atoms with Crippen molar-refractivity contribution in [1.29, 1.82) is 0 Å². The number of carbonyl (C=O) groups excluding carboxylic acids is 1. The summed E-state index contributed by atoms with van der Waals surface area (Å²) in [6, 6.07) is 11.9. The molecule has 0 aliphatic rings.